The molecule has 1 N–H and O–H groups in total. The third-order valence-corrected chi connectivity index (χ3v) is 5.59. The number of halogens is 1. The summed E-state index contributed by atoms with van der Waals surface area (Å²) in [6.07, 6.45) is 2.38. The summed E-state index contributed by atoms with van der Waals surface area (Å²) in [5.41, 5.74) is 0.453. The molecule has 0 bridgehead atoms. The SMILES string of the molecule is CC(C)n1c(SCC(=O)N[C@H](C)C2CC2)nc2cc(Cl)ccc2c1=O. The van der Waals surface area contributed by atoms with Crippen molar-refractivity contribution < 1.29 is 4.79 Å². The quantitative estimate of drug-likeness (QED) is 0.614. The minimum absolute atomic E-state index is 0.0276. The van der Waals surface area contributed by atoms with Crippen LogP contribution in [0.4, 0.5) is 0 Å². The van der Waals surface area contributed by atoms with Gasteiger partial charge in [-0.25, -0.2) is 4.98 Å². The smallest absolute Gasteiger partial charge is 0.262 e. The molecule has 1 aliphatic rings. The zero-order chi connectivity index (χ0) is 18.1. The van der Waals surface area contributed by atoms with Gasteiger partial charge in [-0.1, -0.05) is 23.4 Å². The van der Waals surface area contributed by atoms with Crippen LogP contribution in [-0.4, -0.2) is 27.3 Å². The molecule has 0 spiro atoms. The van der Waals surface area contributed by atoms with Crippen molar-refractivity contribution in [1.82, 2.24) is 14.9 Å². The van der Waals surface area contributed by atoms with Crippen LogP contribution in [-0.2, 0) is 4.79 Å². The Balaban J connectivity index is 1.84. The molecule has 1 aliphatic carbocycles. The maximum atomic E-state index is 12.8. The second-order valence-corrected chi connectivity index (χ2v) is 8.19. The fraction of sp³-hybridized carbons (Fsp3) is 0.500. The highest BCUT2D eigenvalue weighted by molar-refractivity contribution is 7.99. The second-order valence-electron chi connectivity index (χ2n) is 6.81. The molecule has 134 valence electrons. The van der Waals surface area contributed by atoms with Gasteiger partial charge in [-0.3, -0.25) is 14.2 Å². The van der Waals surface area contributed by atoms with E-state index in [0.29, 0.717) is 27.0 Å². The number of aromatic nitrogens is 2. The molecule has 5 nitrogen and oxygen atoms in total. The predicted octanol–water partition coefficient (Wildman–Crippen LogP) is 3.64. The van der Waals surface area contributed by atoms with Crippen molar-refractivity contribution in [3.8, 4) is 0 Å². The van der Waals surface area contributed by atoms with Crippen LogP contribution in [0.2, 0.25) is 5.02 Å². The number of hydrogen-bond acceptors (Lipinski definition) is 4. The van der Waals surface area contributed by atoms with Crippen LogP contribution in [0, 0.1) is 5.92 Å². The topological polar surface area (TPSA) is 64.0 Å². The standard InChI is InChI=1S/C18H22ClN3O2S/c1-10(2)22-17(24)14-7-6-13(19)8-15(14)21-18(22)25-9-16(23)20-11(3)12-4-5-12/h6-8,10-12H,4-5,9H2,1-3H3,(H,20,23)/t11-/m1/s1. The Morgan fingerprint density at radius 2 is 2.12 bits per heavy atom. The van der Waals surface area contributed by atoms with Crippen molar-refractivity contribution in [2.24, 2.45) is 5.92 Å². The van der Waals surface area contributed by atoms with E-state index in [1.165, 1.54) is 24.6 Å². The van der Waals surface area contributed by atoms with Crippen molar-refractivity contribution in [3.63, 3.8) is 0 Å². The predicted molar refractivity (Wildman–Crippen MR) is 102 cm³/mol. The van der Waals surface area contributed by atoms with E-state index >= 15 is 0 Å². The van der Waals surface area contributed by atoms with Crippen molar-refractivity contribution in [3.05, 3.63) is 33.6 Å². The number of thioether (sulfide) groups is 1. The highest BCUT2D eigenvalue weighted by atomic mass is 35.5. The molecule has 7 heteroatoms. The van der Waals surface area contributed by atoms with Crippen LogP contribution in [0.1, 0.15) is 39.7 Å². The number of amides is 1. The first-order valence-electron chi connectivity index (χ1n) is 8.50. The van der Waals surface area contributed by atoms with Crippen LogP contribution < -0.4 is 10.9 Å². The van der Waals surface area contributed by atoms with E-state index in [2.05, 4.69) is 10.3 Å². The van der Waals surface area contributed by atoms with Crippen molar-refractivity contribution in [1.29, 1.82) is 0 Å². The molecule has 1 atom stereocenters. The molecule has 1 saturated carbocycles. The lowest BCUT2D eigenvalue weighted by Gasteiger charge is -2.17. The average molecular weight is 380 g/mol. The summed E-state index contributed by atoms with van der Waals surface area (Å²) < 4.78 is 1.64. The minimum atomic E-state index is -0.106. The number of nitrogens with zero attached hydrogens (tertiary/aromatic N) is 2. The van der Waals surface area contributed by atoms with Crippen LogP contribution in [0.25, 0.3) is 10.9 Å². The first-order valence-corrected chi connectivity index (χ1v) is 9.87. The Kier molecular flexibility index (Phi) is 5.39. The van der Waals surface area contributed by atoms with Gasteiger partial charge in [0.15, 0.2) is 5.16 Å². The van der Waals surface area contributed by atoms with Crippen LogP contribution in [0.15, 0.2) is 28.2 Å². The number of rotatable bonds is 6. The maximum absolute atomic E-state index is 12.8. The van der Waals surface area contributed by atoms with E-state index in [0.717, 1.165) is 0 Å². The molecular weight excluding hydrogens is 358 g/mol. The largest absolute Gasteiger partial charge is 0.353 e. The monoisotopic (exact) mass is 379 g/mol. The molecule has 1 aromatic heterocycles. The summed E-state index contributed by atoms with van der Waals surface area (Å²) in [6.45, 7) is 5.91. The zero-order valence-electron chi connectivity index (χ0n) is 14.6. The number of nitrogens with one attached hydrogen (secondary N) is 1. The summed E-state index contributed by atoms with van der Waals surface area (Å²) in [6, 6.07) is 5.24. The maximum Gasteiger partial charge on any atom is 0.262 e. The fourth-order valence-electron chi connectivity index (χ4n) is 2.85. The van der Waals surface area contributed by atoms with Gasteiger partial charge >= 0.3 is 0 Å². The minimum Gasteiger partial charge on any atom is -0.353 e. The molecule has 3 rings (SSSR count). The molecule has 1 aromatic carbocycles. The van der Waals surface area contributed by atoms with Gasteiger partial charge in [0.2, 0.25) is 5.91 Å². The van der Waals surface area contributed by atoms with Crippen molar-refractivity contribution in [2.75, 3.05) is 5.75 Å². The van der Waals surface area contributed by atoms with E-state index in [9.17, 15) is 9.59 Å². The Hall–Kier alpha value is -1.53. The first kappa shape index (κ1) is 18.3. The summed E-state index contributed by atoms with van der Waals surface area (Å²) in [5, 5.41) is 4.64. The normalized spacial score (nSPS) is 15.6. The highest BCUT2D eigenvalue weighted by Crippen LogP contribution is 2.32. The molecule has 0 saturated heterocycles. The zero-order valence-corrected chi connectivity index (χ0v) is 16.2. The number of benzene rings is 1. The molecule has 1 heterocycles. The van der Waals surface area contributed by atoms with Gasteiger partial charge in [0.1, 0.15) is 0 Å². The van der Waals surface area contributed by atoms with E-state index in [1.807, 2.05) is 20.8 Å². The summed E-state index contributed by atoms with van der Waals surface area (Å²) >= 11 is 7.32. The van der Waals surface area contributed by atoms with Gasteiger partial charge in [0.05, 0.1) is 16.7 Å². The van der Waals surface area contributed by atoms with Crippen molar-refractivity contribution in [2.45, 2.75) is 50.9 Å². The molecule has 2 aromatic rings. The lowest BCUT2D eigenvalue weighted by Crippen LogP contribution is -2.35. The number of carbonyl (C=O) groups is 1. The molecule has 25 heavy (non-hydrogen) atoms. The molecule has 0 aliphatic heterocycles. The Labute approximate surface area is 156 Å². The molecule has 1 fully saturated rings. The summed E-state index contributed by atoms with van der Waals surface area (Å²) in [4.78, 5) is 29.5. The van der Waals surface area contributed by atoms with Gasteiger partial charge in [-0.05, 0) is 57.7 Å². The Morgan fingerprint density at radius 1 is 1.40 bits per heavy atom. The van der Waals surface area contributed by atoms with Gasteiger partial charge in [0, 0.05) is 17.1 Å². The molecule has 1 amide bonds. The number of fused-ring (bicyclic) bond motifs is 1. The summed E-state index contributed by atoms with van der Waals surface area (Å²) in [7, 11) is 0. The lowest BCUT2D eigenvalue weighted by atomic mass is 10.2. The van der Waals surface area contributed by atoms with E-state index in [4.69, 9.17) is 11.6 Å². The number of carbonyl (C=O) groups excluding carboxylic acids is 1. The van der Waals surface area contributed by atoms with Gasteiger partial charge in [0.25, 0.3) is 5.56 Å². The Morgan fingerprint density at radius 3 is 2.76 bits per heavy atom. The summed E-state index contributed by atoms with van der Waals surface area (Å²) in [5.74, 6) is 0.825. The number of hydrogen-bond donors (Lipinski definition) is 1. The molecule has 0 unspecified atom stereocenters. The molecular formula is C18H22ClN3O2S. The van der Waals surface area contributed by atoms with E-state index in [1.54, 1.807) is 22.8 Å². The van der Waals surface area contributed by atoms with Crippen LogP contribution in [0.3, 0.4) is 0 Å². The van der Waals surface area contributed by atoms with E-state index in [-0.39, 0.29) is 29.3 Å². The Bertz CT molecular complexity index is 861. The second kappa shape index (κ2) is 7.38. The third kappa shape index (κ3) is 4.18. The van der Waals surface area contributed by atoms with Crippen LogP contribution >= 0.6 is 23.4 Å². The fourth-order valence-corrected chi connectivity index (χ4v) is 3.95. The van der Waals surface area contributed by atoms with Gasteiger partial charge in [-0.2, -0.15) is 0 Å². The average Bonchev–Trinajstić information content (AvgIpc) is 3.37. The van der Waals surface area contributed by atoms with Crippen molar-refractivity contribution >= 4 is 40.2 Å². The van der Waals surface area contributed by atoms with Crippen LogP contribution in [0.5, 0.6) is 0 Å². The van der Waals surface area contributed by atoms with E-state index < -0.39 is 0 Å². The lowest BCUT2D eigenvalue weighted by molar-refractivity contribution is -0.119. The van der Waals surface area contributed by atoms with Gasteiger partial charge < -0.3 is 5.32 Å². The van der Waals surface area contributed by atoms with Gasteiger partial charge in [-0.15, -0.1) is 0 Å². The first-order chi connectivity index (χ1) is 11.9. The molecule has 0 radical (unpaired) electrons. The third-order valence-electron chi connectivity index (χ3n) is 4.40. The highest BCUT2D eigenvalue weighted by Gasteiger charge is 2.28.